The minimum atomic E-state index is -0.141. The van der Waals surface area contributed by atoms with Crippen molar-refractivity contribution >= 4 is 33.4 Å². The van der Waals surface area contributed by atoms with Gasteiger partial charge in [0.15, 0.2) is 5.76 Å². The Kier molecular flexibility index (Phi) is 5.18. The average molecular weight is 451 g/mol. The summed E-state index contributed by atoms with van der Waals surface area (Å²) in [6, 6.07) is 13.0. The van der Waals surface area contributed by atoms with E-state index < -0.39 is 0 Å². The topological polar surface area (TPSA) is 80.8 Å². The van der Waals surface area contributed by atoms with E-state index in [0.717, 1.165) is 27.2 Å². The Hall–Kier alpha value is -3.59. The third-order valence-electron chi connectivity index (χ3n) is 5.65. The molecule has 32 heavy (non-hydrogen) atoms. The molecule has 0 unspecified atom stereocenters. The number of aryl methyl sites for hydroxylation is 1. The minimum Gasteiger partial charge on any atom is -0.497 e. The maximum Gasteiger partial charge on any atom is 0.289 e. The maximum atomic E-state index is 13.2. The summed E-state index contributed by atoms with van der Waals surface area (Å²) in [5, 5.41) is 5.60. The van der Waals surface area contributed by atoms with Gasteiger partial charge in [0.2, 0.25) is 0 Å². The van der Waals surface area contributed by atoms with Crippen LogP contribution in [0.4, 0.5) is 0 Å². The van der Waals surface area contributed by atoms with Crippen molar-refractivity contribution in [3.05, 3.63) is 59.4 Å². The maximum absolute atomic E-state index is 13.2. The van der Waals surface area contributed by atoms with Crippen molar-refractivity contribution in [2.75, 3.05) is 33.3 Å². The highest BCUT2D eigenvalue weighted by Crippen LogP contribution is 2.35. The zero-order valence-electron chi connectivity index (χ0n) is 17.8. The van der Waals surface area contributed by atoms with E-state index >= 15 is 0 Å². The standard InChI is InChI=1S/C23H22N4O4S/c1-25-23-17(20(24-25)15-5-3-6-16(13-15)30-2)14-19(32-23)22(29)27-10-8-26(9-11-27)21(28)18-7-4-12-31-18/h3-7,12-14H,8-11H2,1-2H3. The molecule has 0 saturated carbocycles. The van der Waals surface area contributed by atoms with Gasteiger partial charge in [-0.15, -0.1) is 11.3 Å². The third-order valence-corrected chi connectivity index (χ3v) is 6.84. The van der Waals surface area contributed by atoms with Gasteiger partial charge >= 0.3 is 0 Å². The number of hydrogen-bond donors (Lipinski definition) is 0. The van der Waals surface area contributed by atoms with Crippen molar-refractivity contribution in [1.29, 1.82) is 0 Å². The van der Waals surface area contributed by atoms with E-state index in [4.69, 9.17) is 9.15 Å². The van der Waals surface area contributed by atoms with Crippen molar-refractivity contribution in [3.63, 3.8) is 0 Å². The summed E-state index contributed by atoms with van der Waals surface area (Å²) in [5.41, 5.74) is 1.77. The number of ether oxygens (including phenoxy) is 1. The van der Waals surface area contributed by atoms with Gasteiger partial charge in [-0.3, -0.25) is 14.3 Å². The SMILES string of the molecule is COc1cccc(-c2nn(C)c3sc(C(=O)N4CCN(C(=O)c5ccco5)CC4)cc23)c1. The molecule has 0 bridgehead atoms. The van der Waals surface area contributed by atoms with Crippen molar-refractivity contribution in [3.8, 4) is 17.0 Å². The van der Waals surface area contributed by atoms with E-state index in [1.807, 2.05) is 42.1 Å². The van der Waals surface area contributed by atoms with Crippen LogP contribution in [-0.4, -0.2) is 64.7 Å². The second-order valence-electron chi connectivity index (χ2n) is 7.60. The number of fused-ring (bicyclic) bond motifs is 1. The van der Waals surface area contributed by atoms with Crippen molar-refractivity contribution in [1.82, 2.24) is 19.6 Å². The van der Waals surface area contributed by atoms with Crippen LogP contribution in [0, 0.1) is 0 Å². The predicted octanol–water partition coefficient (Wildman–Crippen LogP) is 3.50. The minimum absolute atomic E-state index is 0.0205. The molecule has 1 saturated heterocycles. The zero-order chi connectivity index (χ0) is 22.2. The van der Waals surface area contributed by atoms with Crippen LogP contribution in [-0.2, 0) is 7.05 Å². The Bertz CT molecular complexity index is 1280. The zero-order valence-corrected chi connectivity index (χ0v) is 18.6. The molecule has 9 heteroatoms. The average Bonchev–Trinajstić information content (AvgIpc) is 3.57. The van der Waals surface area contributed by atoms with Crippen LogP contribution >= 0.6 is 11.3 Å². The molecule has 3 aromatic heterocycles. The van der Waals surface area contributed by atoms with Gasteiger partial charge in [-0.1, -0.05) is 12.1 Å². The Morgan fingerprint density at radius 1 is 1.03 bits per heavy atom. The number of carbonyl (C=O) groups excluding carboxylic acids is 2. The van der Waals surface area contributed by atoms with Crippen LogP contribution in [0.15, 0.2) is 53.1 Å². The van der Waals surface area contributed by atoms with E-state index in [2.05, 4.69) is 5.10 Å². The lowest BCUT2D eigenvalue weighted by atomic mass is 10.1. The quantitative estimate of drug-likeness (QED) is 0.475. The molecule has 0 atom stereocenters. The van der Waals surface area contributed by atoms with E-state index in [0.29, 0.717) is 36.8 Å². The second kappa shape index (κ2) is 8.16. The Labute approximate surface area is 188 Å². The smallest absolute Gasteiger partial charge is 0.289 e. The molecule has 1 fully saturated rings. The number of benzene rings is 1. The second-order valence-corrected chi connectivity index (χ2v) is 8.63. The van der Waals surface area contributed by atoms with Crippen LogP contribution in [0.2, 0.25) is 0 Å². The normalized spacial score (nSPS) is 14.2. The first-order chi connectivity index (χ1) is 15.5. The van der Waals surface area contributed by atoms with E-state index in [1.165, 1.54) is 17.6 Å². The molecule has 4 aromatic rings. The molecular weight excluding hydrogens is 428 g/mol. The Morgan fingerprint density at radius 3 is 2.47 bits per heavy atom. The van der Waals surface area contributed by atoms with E-state index in [-0.39, 0.29) is 11.8 Å². The van der Waals surface area contributed by atoms with Crippen molar-refractivity contribution in [2.24, 2.45) is 7.05 Å². The fourth-order valence-corrected chi connectivity index (χ4v) is 4.99. The van der Waals surface area contributed by atoms with Gasteiger partial charge in [0.1, 0.15) is 16.3 Å². The highest BCUT2D eigenvalue weighted by atomic mass is 32.1. The summed E-state index contributed by atoms with van der Waals surface area (Å²) in [5.74, 6) is 0.924. The summed E-state index contributed by atoms with van der Waals surface area (Å²) in [7, 11) is 3.52. The summed E-state index contributed by atoms with van der Waals surface area (Å²) in [6.07, 6.45) is 1.49. The molecule has 2 amide bonds. The highest BCUT2D eigenvalue weighted by molar-refractivity contribution is 7.20. The summed E-state index contributed by atoms with van der Waals surface area (Å²) in [4.78, 5) is 30.8. The first kappa shape index (κ1) is 20.3. The number of piperazine rings is 1. The third kappa shape index (κ3) is 3.54. The molecule has 0 N–H and O–H groups in total. The molecular formula is C23H22N4O4S. The van der Waals surface area contributed by atoms with Gasteiger partial charge in [0, 0.05) is 44.2 Å². The van der Waals surface area contributed by atoms with E-state index in [9.17, 15) is 9.59 Å². The van der Waals surface area contributed by atoms with E-state index in [1.54, 1.807) is 29.0 Å². The molecule has 0 radical (unpaired) electrons. The molecule has 1 aliphatic rings. The first-order valence-electron chi connectivity index (χ1n) is 10.3. The number of carbonyl (C=O) groups is 2. The van der Waals surface area contributed by atoms with Gasteiger partial charge in [0.25, 0.3) is 11.8 Å². The largest absolute Gasteiger partial charge is 0.497 e. The molecule has 5 rings (SSSR count). The number of aromatic nitrogens is 2. The van der Waals surface area contributed by atoms with Crippen LogP contribution in [0.3, 0.4) is 0 Å². The molecule has 1 aromatic carbocycles. The lowest BCUT2D eigenvalue weighted by Crippen LogP contribution is -2.50. The van der Waals surface area contributed by atoms with Crippen LogP contribution in [0.1, 0.15) is 20.2 Å². The van der Waals surface area contributed by atoms with Crippen LogP contribution in [0.25, 0.3) is 21.5 Å². The molecule has 0 spiro atoms. The van der Waals surface area contributed by atoms with Gasteiger partial charge in [-0.2, -0.15) is 5.10 Å². The fourth-order valence-electron chi connectivity index (χ4n) is 3.95. The number of thiophene rings is 1. The summed E-state index contributed by atoms with van der Waals surface area (Å²) >= 11 is 1.44. The Morgan fingerprint density at radius 2 is 1.78 bits per heavy atom. The molecule has 0 aliphatic carbocycles. The number of amides is 2. The Balaban J connectivity index is 1.35. The van der Waals surface area contributed by atoms with Gasteiger partial charge in [0.05, 0.1) is 18.3 Å². The highest BCUT2D eigenvalue weighted by Gasteiger charge is 2.28. The lowest BCUT2D eigenvalue weighted by Gasteiger charge is -2.34. The van der Waals surface area contributed by atoms with Gasteiger partial charge in [-0.25, -0.2) is 0 Å². The fraction of sp³-hybridized carbons (Fsp3) is 0.261. The number of hydrogen-bond acceptors (Lipinski definition) is 6. The van der Waals surface area contributed by atoms with Crippen molar-refractivity contribution in [2.45, 2.75) is 0 Å². The number of rotatable bonds is 4. The number of methoxy groups -OCH3 is 1. The van der Waals surface area contributed by atoms with Gasteiger partial charge < -0.3 is 19.0 Å². The lowest BCUT2D eigenvalue weighted by molar-refractivity contribution is 0.0520. The monoisotopic (exact) mass is 450 g/mol. The molecule has 1 aliphatic heterocycles. The number of nitrogens with zero attached hydrogens (tertiary/aromatic N) is 4. The van der Waals surface area contributed by atoms with Crippen molar-refractivity contribution < 1.29 is 18.7 Å². The van der Waals surface area contributed by atoms with Gasteiger partial charge in [-0.05, 0) is 30.3 Å². The molecule has 8 nitrogen and oxygen atoms in total. The molecule has 164 valence electrons. The predicted molar refractivity (Wildman–Crippen MR) is 121 cm³/mol. The number of furan rings is 1. The van der Waals surface area contributed by atoms with Crippen LogP contribution in [0.5, 0.6) is 5.75 Å². The first-order valence-corrected chi connectivity index (χ1v) is 11.1. The van der Waals surface area contributed by atoms with Crippen LogP contribution < -0.4 is 4.74 Å². The summed E-state index contributed by atoms with van der Waals surface area (Å²) in [6.45, 7) is 1.93. The summed E-state index contributed by atoms with van der Waals surface area (Å²) < 4.78 is 12.4. The molecule has 4 heterocycles.